The lowest BCUT2D eigenvalue weighted by molar-refractivity contribution is -0.145. The number of sulfonamides is 1. The number of methoxy groups -OCH3 is 1. The monoisotopic (exact) mass is 335 g/mol. The SMILES string of the molecule is COC(=O)C1CCCC1S(=O)(=O)Nc1ccc(Cl)c(F)c1. The van der Waals surface area contributed by atoms with Gasteiger partial charge >= 0.3 is 5.97 Å². The Balaban J connectivity index is 2.21. The Bertz CT molecular complexity index is 650. The Labute approximate surface area is 127 Å². The van der Waals surface area contributed by atoms with Crippen LogP contribution in [0.25, 0.3) is 0 Å². The van der Waals surface area contributed by atoms with Crippen molar-refractivity contribution in [2.24, 2.45) is 5.92 Å². The van der Waals surface area contributed by atoms with Crippen molar-refractivity contribution in [3.8, 4) is 0 Å². The van der Waals surface area contributed by atoms with Gasteiger partial charge in [-0.2, -0.15) is 0 Å². The van der Waals surface area contributed by atoms with Gasteiger partial charge in [-0.05, 0) is 31.0 Å². The van der Waals surface area contributed by atoms with E-state index in [1.807, 2.05) is 0 Å². The second-order valence-corrected chi connectivity index (χ2v) is 7.18. The van der Waals surface area contributed by atoms with Gasteiger partial charge in [-0.3, -0.25) is 9.52 Å². The molecule has 2 rings (SSSR count). The number of nitrogens with one attached hydrogen (secondary N) is 1. The third-order valence-electron chi connectivity index (χ3n) is 3.53. The van der Waals surface area contributed by atoms with E-state index in [-0.39, 0.29) is 10.7 Å². The van der Waals surface area contributed by atoms with Crippen molar-refractivity contribution in [3.05, 3.63) is 29.0 Å². The smallest absolute Gasteiger partial charge is 0.310 e. The molecule has 1 saturated carbocycles. The summed E-state index contributed by atoms with van der Waals surface area (Å²) in [7, 11) is -2.58. The van der Waals surface area contributed by atoms with Gasteiger partial charge in [0.1, 0.15) is 5.82 Å². The van der Waals surface area contributed by atoms with Gasteiger partial charge < -0.3 is 4.74 Å². The highest BCUT2D eigenvalue weighted by Gasteiger charge is 2.42. The molecule has 0 aromatic heterocycles. The standard InChI is InChI=1S/C13H15ClFNO4S/c1-20-13(17)9-3-2-4-12(9)21(18,19)16-8-5-6-10(14)11(15)7-8/h5-7,9,12,16H,2-4H2,1H3. The van der Waals surface area contributed by atoms with Crippen molar-refractivity contribution >= 4 is 33.3 Å². The van der Waals surface area contributed by atoms with Crippen molar-refractivity contribution < 1.29 is 22.3 Å². The molecule has 1 aliphatic rings. The van der Waals surface area contributed by atoms with Gasteiger partial charge in [0, 0.05) is 0 Å². The average molecular weight is 336 g/mol. The lowest BCUT2D eigenvalue weighted by Gasteiger charge is -2.19. The van der Waals surface area contributed by atoms with Crippen LogP contribution in [0.3, 0.4) is 0 Å². The third kappa shape index (κ3) is 3.47. The lowest BCUT2D eigenvalue weighted by atomic mass is 10.1. The molecular weight excluding hydrogens is 321 g/mol. The van der Waals surface area contributed by atoms with E-state index >= 15 is 0 Å². The summed E-state index contributed by atoms with van der Waals surface area (Å²) in [6, 6.07) is 3.63. The summed E-state index contributed by atoms with van der Waals surface area (Å²) in [5, 5.41) is -0.963. The molecular formula is C13H15ClFNO4S. The molecule has 0 bridgehead atoms. The fraction of sp³-hybridized carbons (Fsp3) is 0.462. The van der Waals surface area contributed by atoms with Crippen LogP contribution >= 0.6 is 11.6 Å². The minimum Gasteiger partial charge on any atom is -0.469 e. The van der Waals surface area contributed by atoms with E-state index < -0.39 is 33.0 Å². The van der Waals surface area contributed by atoms with Gasteiger partial charge in [0.05, 0.1) is 29.0 Å². The number of hydrogen-bond acceptors (Lipinski definition) is 4. The van der Waals surface area contributed by atoms with Crippen molar-refractivity contribution in [1.29, 1.82) is 0 Å². The molecule has 1 aliphatic carbocycles. The van der Waals surface area contributed by atoms with Crippen molar-refractivity contribution in [2.45, 2.75) is 24.5 Å². The molecule has 0 amide bonds. The van der Waals surface area contributed by atoms with Gasteiger partial charge in [0.2, 0.25) is 10.0 Å². The highest BCUT2D eigenvalue weighted by molar-refractivity contribution is 7.93. The normalized spacial score (nSPS) is 22.0. The van der Waals surface area contributed by atoms with E-state index in [9.17, 15) is 17.6 Å². The zero-order valence-electron chi connectivity index (χ0n) is 11.3. The van der Waals surface area contributed by atoms with E-state index in [1.165, 1.54) is 19.2 Å². The molecule has 8 heteroatoms. The second-order valence-electron chi connectivity index (χ2n) is 4.87. The van der Waals surface area contributed by atoms with E-state index in [4.69, 9.17) is 11.6 Å². The van der Waals surface area contributed by atoms with Crippen LogP contribution in [0.15, 0.2) is 18.2 Å². The first-order valence-electron chi connectivity index (χ1n) is 6.39. The Kier molecular flexibility index (Phi) is 4.73. The molecule has 1 fully saturated rings. The number of esters is 1. The van der Waals surface area contributed by atoms with Crippen molar-refractivity contribution in [3.63, 3.8) is 0 Å². The molecule has 0 heterocycles. The molecule has 1 aromatic carbocycles. The zero-order valence-corrected chi connectivity index (χ0v) is 12.9. The molecule has 116 valence electrons. The van der Waals surface area contributed by atoms with E-state index in [0.717, 1.165) is 6.07 Å². The summed E-state index contributed by atoms with van der Waals surface area (Å²) in [5.41, 5.74) is 0.0763. The molecule has 0 spiro atoms. The quantitative estimate of drug-likeness (QED) is 0.858. The van der Waals surface area contributed by atoms with Gasteiger partial charge in [-0.1, -0.05) is 18.0 Å². The maximum Gasteiger partial charge on any atom is 0.310 e. The number of ether oxygens (including phenoxy) is 1. The van der Waals surface area contributed by atoms with Crippen LogP contribution in [-0.4, -0.2) is 26.7 Å². The van der Waals surface area contributed by atoms with Crippen LogP contribution < -0.4 is 4.72 Å². The Morgan fingerprint density at radius 1 is 1.43 bits per heavy atom. The van der Waals surface area contributed by atoms with Gasteiger partial charge in [-0.25, -0.2) is 12.8 Å². The molecule has 21 heavy (non-hydrogen) atoms. The van der Waals surface area contributed by atoms with E-state index in [0.29, 0.717) is 19.3 Å². The topological polar surface area (TPSA) is 72.5 Å². The summed E-state index contributed by atoms with van der Waals surface area (Å²) in [6.45, 7) is 0. The summed E-state index contributed by atoms with van der Waals surface area (Å²) >= 11 is 5.55. The number of carbonyl (C=O) groups excluding carboxylic acids is 1. The first-order chi connectivity index (χ1) is 9.85. The number of halogens is 2. The van der Waals surface area contributed by atoms with Crippen LogP contribution in [0.4, 0.5) is 10.1 Å². The molecule has 2 unspecified atom stereocenters. The maximum absolute atomic E-state index is 13.4. The summed E-state index contributed by atoms with van der Waals surface area (Å²) < 4.78 is 45.0. The Morgan fingerprint density at radius 3 is 2.76 bits per heavy atom. The second kappa shape index (κ2) is 6.19. The van der Waals surface area contributed by atoms with Crippen LogP contribution in [0, 0.1) is 11.7 Å². The number of hydrogen-bond donors (Lipinski definition) is 1. The molecule has 5 nitrogen and oxygen atoms in total. The fourth-order valence-electron chi connectivity index (χ4n) is 2.52. The molecule has 0 radical (unpaired) electrons. The summed E-state index contributed by atoms with van der Waals surface area (Å²) in [6.07, 6.45) is 1.46. The van der Waals surface area contributed by atoms with Gasteiger partial charge in [-0.15, -0.1) is 0 Å². The Morgan fingerprint density at radius 2 is 2.14 bits per heavy atom. The largest absolute Gasteiger partial charge is 0.469 e. The van der Waals surface area contributed by atoms with Crippen molar-refractivity contribution in [1.82, 2.24) is 0 Å². The average Bonchev–Trinajstić information content (AvgIpc) is 2.92. The number of anilines is 1. The highest BCUT2D eigenvalue weighted by atomic mass is 35.5. The van der Waals surface area contributed by atoms with Crippen molar-refractivity contribution in [2.75, 3.05) is 11.8 Å². The Hall–Kier alpha value is -1.34. The predicted octanol–water partition coefficient (Wildman–Crippen LogP) is 2.56. The molecule has 2 atom stereocenters. The fourth-order valence-corrected chi connectivity index (χ4v) is 4.40. The molecule has 1 N–H and O–H groups in total. The van der Waals surface area contributed by atoms with E-state index in [2.05, 4.69) is 9.46 Å². The predicted molar refractivity (Wildman–Crippen MR) is 77.1 cm³/mol. The van der Waals surface area contributed by atoms with Crippen LogP contribution in [0.2, 0.25) is 5.02 Å². The summed E-state index contributed by atoms with van der Waals surface area (Å²) in [4.78, 5) is 11.6. The molecule has 1 aromatic rings. The number of benzene rings is 1. The first kappa shape index (κ1) is 16.0. The zero-order chi connectivity index (χ0) is 15.6. The van der Waals surface area contributed by atoms with Crippen LogP contribution in [-0.2, 0) is 19.6 Å². The minimum atomic E-state index is -3.81. The van der Waals surface area contributed by atoms with Gasteiger partial charge in [0.15, 0.2) is 0 Å². The third-order valence-corrected chi connectivity index (χ3v) is 5.72. The van der Waals surface area contributed by atoms with Crippen LogP contribution in [0.1, 0.15) is 19.3 Å². The first-order valence-corrected chi connectivity index (χ1v) is 8.32. The highest BCUT2D eigenvalue weighted by Crippen LogP contribution is 2.33. The van der Waals surface area contributed by atoms with E-state index in [1.54, 1.807) is 0 Å². The lowest BCUT2D eigenvalue weighted by Crippen LogP contribution is -2.35. The van der Waals surface area contributed by atoms with Crippen LogP contribution in [0.5, 0.6) is 0 Å². The minimum absolute atomic E-state index is 0.0763. The molecule has 0 aliphatic heterocycles. The molecule has 0 saturated heterocycles. The number of carbonyl (C=O) groups is 1. The van der Waals surface area contributed by atoms with Gasteiger partial charge in [0.25, 0.3) is 0 Å². The number of rotatable bonds is 4. The summed E-state index contributed by atoms with van der Waals surface area (Å²) in [5.74, 6) is -1.94. The maximum atomic E-state index is 13.4.